The van der Waals surface area contributed by atoms with E-state index in [4.69, 9.17) is 0 Å². The van der Waals surface area contributed by atoms with Crippen LogP contribution in [0.3, 0.4) is 0 Å². The summed E-state index contributed by atoms with van der Waals surface area (Å²) in [5.74, 6) is 0. The topological polar surface area (TPSA) is 8.17 Å². The summed E-state index contributed by atoms with van der Waals surface area (Å²) in [5.41, 5.74) is 12.3. The van der Waals surface area contributed by atoms with E-state index in [1.165, 1.54) is 44.1 Å². The Kier molecular flexibility index (Phi) is 7.51. The molecule has 0 radical (unpaired) electrons. The molecule has 8 rings (SSSR count). The van der Waals surface area contributed by atoms with Gasteiger partial charge >= 0.3 is 0 Å². The van der Waals surface area contributed by atoms with Crippen molar-refractivity contribution in [3.63, 3.8) is 0 Å². The van der Waals surface area contributed by atoms with Crippen LogP contribution in [-0.2, 0) is 10.8 Å². The fraction of sp³-hybridized carbons (Fsp3) is 0.200. The van der Waals surface area contributed by atoms with Crippen LogP contribution in [0.2, 0.25) is 0 Å². The predicted molar refractivity (Wildman–Crippen MR) is 216 cm³/mol. The normalized spacial score (nSPS) is 15.8. The van der Waals surface area contributed by atoms with Crippen molar-refractivity contribution in [1.29, 1.82) is 0 Å². The van der Waals surface area contributed by atoms with Crippen LogP contribution in [-0.4, -0.2) is 4.57 Å². The summed E-state index contributed by atoms with van der Waals surface area (Å²) in [6.07, 6.45) is 0. The van der Waals surface area contributed by atoms with Gasteiger partial charge in [0.1, 0.15) is 0 Å². The largest absolute Gasteiger partial charge is 0.310 e. The van der Waals surface area contributed by atoms with Crippen molar-refractivity contribution < 1.29 is 0 Å². The number of rotatable bonds is 5. The number of hydrogen-bond donors (Lipinski definition) is 0. The molecule has 0 atom stereocenters. The smallest absolute Gasteiger partial charge is 0.0541 e. The Morgan fingerprint density at radius 1 is 0.469 bits per heavy atom. The first kappa shape index (κ1) is 32.1. The van der Waals surface area contributed by atoms with Crippen LogP contribution in [0.5, 0.6) is 0 Å². The summed E-state index contributed by atoms with van der Waals surface area (Å²) in [4.78, 5) is 2.36. The van der Waals surface area contributed by atoms with E-state index in [0.717, 1.165) is 31.7 Å². The first-order chi connectivity index (χ1) is 23.4. The van der Waals surface area contributed by atoms with Crippen molar-refractivity contribution in [2.24, 2.45) is 5.41 Å². The van der Waals surface area contributed by atoms with Crippen molar-refractivity contribution in [1.82, 2.24) is 4.57 Å². The maximum absolute atomic E-state index is 3.66. The summed E-state index contributed by atoms with van der Waals surface area (Å²) in [6.45, 7) is 14.5. The van der Waals surface area contributed by atoms with Gasteiger partial charge in [-0.1, -0.05) is 128 Å². The maximum Gasteiger partial charge on any atom is 0.0541 e. The lowest BCUT2D eigenvalue weighted by molar-refractivity contribution is 0.125. The molecule has 0 N–H and O–H groups in total. The molecule has 0 aliphatic heterocycles. The van der Waals surface area contributed by atoms with Crippen LogP contribution in [0.25, 0.3) is 38.6 Å². The molecule has 0 saturated heterocycles. The molecule has 4 heteroatoms. The average molecular weight is 769 g/mol. The number of hydrogen-bond acceptors (Lipinski definition) is 1. The fourth-order valence-corrected chi connectivity index (χ4v) is 8.62. The molecule has 1 aromatic heterocycles. The zero-order valence-corrected chi connectivity index (χ0v) is 32.0. The second-order valence-corrected chi connectivity index (χ2v) is 16.9. The lowest BCUT2D eigenvalue weighted by Crippen LogP contribution is -2.42. The Labute approximate surface area is 306 Å². The summed E-state index contributed by atoms with van der Waals surface area (Å²) < 4.78 is 4.54. The van der Waals surface area contributed by atoms with Crippen LogP contribution in [0, 0.1) is 5.41 Å². The Balaban J connectivity index is 1.43. The first-order valence-corrected chi connectivity index (χ1v) is 18.6. The summed E-state index contributed by atoms with van der Waals surface area (Å²) in [6, 6.07) is 49.0. The quantitative estimate of drug-likeness (QED) is 0.169. The first-order valence-electron chi connectivity index (χ1n) is 17.0. The van der Waals surface area contributed by atoms with E-state index < -0.39 is 0 Å². The van der Waals surface area contributed by atoms with Gasteiger partial charge in [-0.3, -0.25) is 0 Å². The number of fused-ring (bicyclic) bond motifs is 4. The van der Waals surface area contributed by atoms with Crippen molar-refractivity contribution in [3.05, 3.63) is 154 Å². The molecule has 1 aliphatic rings. The van der Waals surface area contributed by atoms with Crippen molar-refractivity contribution >= 4 is 70.7 Å². The van der Waals surface area contributed by atoms with Gasteiger partial charge < -0.3 is 9.47 Å². The minimum Gasteiger partial charge on any atom is -0.310 e. The number of aromatic nitrogens is 1. The molecular formula is C45H40Br2N2. The van der Waals surface area contributed by atoms with Crippen LogP contribution >= 0.6 is 31.9 Å². The second kappa shape index (κ2) is 11.5. The summed E-state index contributed by atoms with van der Waals surface area (Å²) in [7, 11) is 0. The van der Waals surface area contributed by atoms with Crippen LogP contribution in [0.1, 0.15) is 52.7 Å². The minimum atomic E-state index is 0.00992. The van der Waals surface area contributed by atoms with Gasteiger partial charge in [-0.25, -0.2) is 0 Å². The number of nitrogens with zero attached hydrogens (tertiary/aromatic N) is 2. The summed E-state index contributed by atoms with van der Waals surface area (Å²) in [5, 5.41) is 2.51. The lowest BCUT2D eigenvalue weighted by Gasteiger charge is -2.44. The number of anilines is 3. The van der Waals surface area contributed by atoms with Gasteiger partial charge in [0.05, 0.1) is 11.0 Å². The van der Waals surface area contributed by atoms with E-state index in [1.807, 2.05) is 0 Å². The molecule has 0 unspecified atom stereocenters. The highest BCUT2D eigenvalue weighted by molar-refractivity contribution is 9.10. The number of halogens is 2. The second-order valence-electron chi connectivity index (χ2n) is 15.0. The van der Waals surface area contributed by atoms with Gasteiger partial charge in [-0.2, -0.15) is 0 Å². The SMILES string of the molecule is CC1(C)c2ccc(-c3cc(N(c4ccc(Br)cc4)c4ccc(Br)cc4)cc(-n4c5ccccc5c5ccccc54)c3)cc2C(C)(C)C1(C)C. The third-order valence-electron chi connectivity index (χ3n) is 12.0. The standard InChI is InChI=1S/C45H40Br2N2/c1-43(2)39-24-15-29(27-40(39)44(3,4)45(43,5)6)30-25-35(48(33-20-16-31(46)17-21-33)34-22-18-32(47)19-23-34)28-36(26-30)49-41-13-9-7-11-37(41)38-12-8-10-14-42(38)49/h7-28H,1-6H3. The molecule has 244 valence electrons. The average Bonchev–Trinajstić information content (AvgIpc) is 3.48. The minimum absolute atomic E-state index is 0.00992. The van der Waals surface area contributed by atoms with Gasteiger partial charge in [0.2, 0.25) is 0 Å². The summed E-state index contributed by atoms with van der Waals surface area (Å²) >= 11 is 7.33. The Morgan fingerprint density at radius 2 is 0.980 bits per heavy atom. The van der Waals surface area contributed by atoms with Gasteiger partial charge in [0, 0.05) is 42.5 Å². The van der Waals surface area contributed by atoms with Gasteiger partial charge in [0.25, 0.3) is 0 Å². The van der Waals surface area contributed by atoms with Crippen LogP contribution in [0.15, 0.2) is 142 Å². The molecule has 49 heavy (non-hydrogen) atoms. The molecule has 0 fully saturated rings. The lowest BCUT2D eigenvalue weighted by atomic mass is 9.59. The molecule has 1 heterocycles. The van der Waals surface area contributed by atoms with Gasteiger partial charge in [-0.05, 0) is 117 Å². The van der Waals surface area contributed by atoms with Crippen molar-refractivity contribution in [2.75, 3.05) is 4.90 Å². The molecule has 0 bridgehead atoms. The van der Waals surface area contributed by atoms with Gasteiger partial charge in [0.15, 0.2) is 0 Å². The van der Waals surface area contributed by atoms with Crippen LogP contribution in [0.4, 0.5) is 17.1 Å². The molecule has 1 aliphatic carbocycles. The predicted octanol–water partition coefficient (Wildman–Crippen LogP) is 14.0. The molecule has 6 aromatic carbocycles. The molecule has 2 nitrogen and oxygen atoms in total. The highest BCUT2D eigenvalue weighted by Crippen LogP contribution is 2.62. The Bertz CT molecular complexity index is 2280. The molecular weight excluding hydrogens is 728 g/mol. The zero-order chi connectivity index (χ0) is 34.3. The van der Waals surface area contributed by atoms with E-state index in [9.17, 15) is 0 Å². The monoisotopic (exact) mass is 766 g/mol. The fourth-order valence-electron chi connectivity index (χ4n) is 8.09. The highest BCUT2D eigenvalue weighted by atomic mass is 79.9. The van der Waals surface area contributed by atoms with E-state index in [1.54, 1.807) is 0 Å². The van der Waals surface area contributed by atoms with Crippen molar-refractivity contribution in [3.8, 4) is 16.8 Å². The van der Waals surface area contributed by atoms with Crippen molar-refractivity contribution in [2.45, 2.75) is 52.4 Å². The number of para-hydroxylation sites is 2. The Hall–Kier alpha value is -4.12. The molecule has 0 spiro atoms. The third-order valence-corrected chi connectivity index (χ3v) is 13.1. The molecule has 0 saturated carbocycles. The van der Waals surface area contributed by atoms with E-state index in [2.05, 4.69) is 216 Å². The molecule has 7 aromatic rings. The molecule has 0 amide bonds. The number of benzene rings is 6. The highest BCUT2D eigenvalue weighted by Gasteiger charge is 2.56. The Morgan fingerprint density at radius 3 is 1.53 bits per heavy atom. The zero-order valence-electron chi connectivity index (χ0n) is 28.9. The van der Waals surface area contributed by atoms with E-state index in [-0.39, 0.29) is 16.2 Å². The third kappa shape index (κ3) is 4.94. The van der Waals surface area contributed by atoms with Crippen LogP contribution < -0.4 is 4.90 Å². The van der Waals surface area contributed by atoms with E-state index in [0.29, 0.717) is 0 Å². The maximum atomic E-state index is 3.66. The van der Waals surface area contributed by atoms with E-state index >= 15 is 0 Å². The van der Waals surface area contributed by atoms with Gasteiger partial charge in [-0.15, -0.1) is 0 Å².